The van der Waals surface area contributed by atoms with Crippen molar-refractivity contribution < 1.29 is 14.3 Å². The fourth-order valence-corrected chi connectivity index (χ4v) is 4.34. The van der Waals surface area contributed by atoms with Crippen molar-refractivity contribution in [3.63, 3.8) is 0 Å². The largest absolute Gasteiger partial charge is 0.484 e. The summed E-state index contributed by atoms with van der Waals surface area (Å²) < 4.78 is 5.80. The molecule has 0 radical (unpaired) electrons. The monoisotopic (exact) mass is 450 g/mol. The summed E-state index contributed by atoms with van der Waals surface area (Å²) in [6.07, 6.45) is 5.55. The molecule has 178 valence electrons. The first-order valence-corrected chi connectivity index (χ1v) is 12.2. The highest BCUT2D eigenvalue weighted by molar-refractivity contribution is 5.88. The molecule has 1 fully saturated rings. The smallest absolute Gasteiger partial charge is 0.261 e. The molecule has 1 N–H and O–H groups in total. The molecule has 1 atom stereocenters. The van der Waals surface area contributed by atoms with Crippen LogP contribution in [0.3, 0.4) is 0 Å². The van der Waals surface area contributed by atoms with E-state index in [1.807, 2.05) is 56.3 Å². The van der Waals surface area contributed by atoms with Crippen LogP contribution in [0, 0.1) is 6.92 Å². The van der Waals surface area contributed by atoms with Gasteiger partial charge in [-0.25, -0.2) is 0 Å². The number of hydrogen-bond donors (Lipinski definition) is 1. The van der Waals surface area contributed by atoms with Gasteiger partial charge in [0.05, 0.1) is 0 Å². The standard InChI is InChI=1S/C28H38N2O3/c1-20(2)24-13-15-26(16-14-24)33-19-27(31)30(18-23-10-8-9-21(3)17-23)22(4)28(32)29-25-11-6-5-7-12-25/h8-10,13-17,20,22,25H,5-7,11-12,18-19H2,1-4H3,(H,29,32)/t22-/m1/s1. The van der Waals surface area contributed by atoms with Gasteiger partial charge in [0, 0.05) is 12.6 Å². The minimum absolute atomic E-state index is 0.0933. The van der Waals surface area contributed by atoms with Crippen LogP contribution in [-0.4, -0.2) is 35.4 Å². The summed E-state index contributed by atoms with van der Waals surface area (Å²) in [5, 5.41) is 3.17. The Morgan fingerprint density at radius 1 is 1.03 bits per heavy atom. The van der Waals surface area contributed by atoms with Crippen molar-refractivity contribution in [1.82, 2.24) is 10.2 Å². The Hall–Kier alpha value is -2.82. The summed E-state index contributed by atoms with van der Waals surface area (Å²) >= 11 is 0. The highest BCUT2D eigenvalue weighted by atomic mass is 16.5. The maximum atomic E-state index is 13.2. The Labute approximate surface area is 198 Å². The minimum atomic E-state index is -0.577. The number of rotatable bonds is 9. The maximum Gasteiger partial charge on any atom is 0.261 e. The highest BCUT2D eigenvalue weighted by Crippen LogP contribution is 2.20. The van der Waals surface area contributed by atoms with E-state index in [1.54, 1.807) is 4.90 Å². The lowest BCUT2D eigenvalue weighted by Gasteiger charge is -2.31. The predicted molar refractivity (Wildman–Crippen MR) is 132 cm³/mol. The second-order valence-electron chi connectivity index (χ2n) is 9.54. The molecule has 0 bridgehead atoms. The number of aryl methyl sites for hydroxylation is 1. The normalized spacial score (nSPS) is 15.2. The third-order valence-corrected chi connectivity index (χ3v) is 6.46. The summed E-state index contributed by atoms with van der Waals surface area (Å²) in [4.78, 5) is 27.9. The molecule has 0 unspecified atom stereocenters. The molecule has 2 aromatic rings. The fourth-order valence-electron chi connectivity index (χ4n) is 4.34. The topological polar surface area (TPSA) is 58.6 Å². The van der Waals surface area contributed by atoms with E-state index in [4.69, 9.17) is 4.74 Å². The van der Waals surface area contributed by atoms with Crippen molar-refractivity contribution in [2.45, 2.75) is 84.3 Å². The van der Waals surface area contributed by atoms with Gasteiger partial charge in [-0.3, -0.25) is 9.59 Å². The first-order chi connectivity index (χ1) is 15.8. The third-order valence-electron chi connectivity index (χ3n) is 6.46. The molecular weight excluding hydrogens is 412 g/mol. The van der Waals surface area contributed by atoms with Gasteiger partial charge < -0.3 is 15.0 Å². The van der Waals surface area contributed by atoms with Gasteiger partial charge in [0.15, 0.2) is 6.61 Å². The second-order valence-corrected chi connectivity index (χ2v) is 9.54. The molecule has 1 saturated carbocycles. The summed E-state index contributed by atoms with van der Waals surface area (Å²) in [5.74, 6) is 0.802. The molecule has 0 heterocycles. The van der Waals surface area contributed by atoms with E-state index in [0.717, 1.165) is 36.8 Å². The van der Waals surface area contributed by atoms with Crippen molar-refractivity contribution in [2.75, 3.05) is 6.61 Å². The van der Waals surface area contributed by atoms with Crippen LogP contribution in [0.4, 0.5) is 0 Å². The van der Waals surface area contributed by atoms with E-state index >= 15 is 0 Å². The number of ether oxygens (including phenoxy) is 1. The van der Waals surface area contributed by atoms with Crippen LogP contribution in [-0.2, 0) is 16.1 Å². The molecule has 0 aromatic heterocycles. The zero-order valence-electron chi connectivity index (χ0n) is 20.5. The Bertz CT molecular complexity index is 917. The average molecular weight is 451 g/mol. The predicted octanol–water partition coefficient (Wildman–Crippen LogP) is 5.36. The second kappa shape index (κ2) is 11.9. The van der Waals surface area contributed by atoms with Crippen LogP contribution in [0.2, 0.25) is 0 Å². The number of nitrogens with zero attached hydrogens (tertiary/aromatic N) is 1. The van der Waals surface area contributed by atoms with E-state index in [1.165, 1.54) is 12.0 Å². The molecule has 1 aliphatic carbocycles. The number of amides is 2. The zero-order valence-corrected chi connectivity index (χ0v) is 20.5. The highest BCUT2D eigenvalue weighted by Gasteiger charge is 2.28. The first kappa shape index (κ1) is 24.8. The van der Waals surface area contributed by atoms with Crippen molar-refractivity contribution in [3.8, 4) is 5.75 Å². The van der Waals surface area contributed by atoms with Crippen molar-refractivity contribution in [3.05, 3.63) is 65.2 Å². The van der Waals surface area contributed by atoms with Crippen molar-refractivity contribution in [1.29, 1.82) is 0 Å². The van der Waals surface area contributed by atoms with E-state index in [-0.39, 0.29) is 24.5 Å². The van der Waals surface area contributed by atoms with Crippen LogP contribution in [0.1, 0.15) is 75.5 Å². The van der Waals surface area contributed by atoms with Gasteiger partial charge in [-0.2, -0.15) is 0 Å². The van der Waals surface area contributed by atoms with Gasteiger partial charge in [0.25, 0.3) is 5.91 Å². The van der Waals surface area contributed by atoms with E-state index in [9.17, 15) is 9.59 Å². The number of nitrogens with one attached hydrogen (secondary N) is 1. The van der Waals surface area contributed by atoms with E-state index < -0.39 is 6.04 Å². The molecule has 0 saturated heterocycles. The Kier molecular flexibility index (Phi) is 8.93. The number of hydrogen-bond acceptors (Lipinski definition) is 3. The molecule has 33 heavy (non-hydrogen) atoms. The Morgan fingerprint density at radius 3 is 2.36 bits per heavy atom. The van der Waals surface area contributed by atoms with Gasteiger partial charge in [-0.15, -0.1) is 0 Å². The molecule has 5 heteroatoms. The van der Waals surface area contributed by atoms with Crippen LogP contribution in [0.15, 0.2) is 48.5 Å². The van der Waals surface area contributed by atoms with Gasteiger partial charge >= 0.3 is 0 Å². The lowest BCUT2D eigenvalue weighted by Crippen LogP contribution is -2.51. The molecule has 2 aromatic carbocycles. The van der Waals surface area contributed by atoms with Gasteiger partial charge in [-0.05, 0) is 55.9 Å². The van der Waals surface area contributed by atoms with E-state index in [2.05, 4.69) is 25.2 Å². The van der Waals surface area contributed by atoms with Crippen LogP contribution < -0.4 is 10.1 Å². The van der Waals surface area contributed by atoms with Crippen LogP contribution in [0.5, 0.6) is 5.75 Å². The lowest BCUT2D eigenvalue weighted by molar-refractivity contribution is -0.142. The Balaban J connectivity index is 1.69. The van der Waals surface area contributed by atoms with Crippen molar-refractivity contribution in [2.24, 2.45) is 0 Å². The molecule has 0 aliphatic heterocycles. The summed E-state index contributed by atoms with van der Waals surface area (Å²) in [7, 11) is 0. The summed E-state index contributed by atoms with van der Waals surface area (Å²) in [6.45, 7) is 8.38. The molecule has 3 rings (SSSR count). The van der Waals surface area contributed by atoms with Crippen molar-refractivity contribution >= 4 is 11.8 Å². The molecule has 0 spiro atoms. The average Bonchev–Trinajstić information content (AvgIpc) is 2.81. The SMILES string of the molecule is Cc1cccc(CN(C(=O)COc2ccc(C(C)C)cc2)[C@H](C)C(=O)NC2CCCCC2)c1. The lowest BCUT2D eigenvalue weighted by atomic mass is 9.95. The number of carbonyl (C=O) groups excluding carboxylic acids is 2. The summed E-state index contributed by atoms with van der Waals surface area (Å²) in [5.41, 5.74) is 3.35. The van der Waals surface area contributed by atoms with Gasteiger partial charge in [-0.1, -0.05) is 75.1 Å². The van der Waals surface area contributed by atoms with Crippen LogP contribution in [0.25, 0.3) is 0 Å². The molecule has 5 nitrogen and oxygen atoms in total. The third kappa shape index (κ3) is 7.34. The van der Waals surface area contributed by atoms with Gasteiger partial charge in [0.2, 0.25) is 5.91 Å². The fraction of sp³-hybridized carbons (Fsp3) is 0.500. The maximum absolute atomic E-state index is 13.2. The van der Waals surface area contributed by atoms with Gasteiger partial charge in [0.1, 0.15) is 11.8 Å². The van der Waals surface area contributed by atoms with Crippen LogP contribution >= 0.6 is 0 Å². The number of benzene rings is 2. The number of carbonyl (C=O) groups is 2. The quantitative estimate of drug-likeness (QED) is 0.559. The molecule has 2 amide bonds. The first-order valence-electron chi connectivity index (χ1n) is 12.2. The Morgan fingerprint density at radius 2 is 1.73 bits per heavy atom. The molecular formula is C28H38N2O3. The summed E-state index contributed by atoms with van der Waals surface area (Å²) in [6, 6.07) is 15.5. The zero-order chi connectivity index (χ0) is 23.8. The van der Waals surface area contributed by atoms with E-state index in [0.29, 0.717) is 18.2 Å². The molecule has 1 aliphatic rings. The minimum Gasteiger partial charge on any atom is -0.484 e.